The molecular formula is C32H40F2N8O2. The maximum atomic E-state index is 14.1. The zero-order chi connectivity index (χ0) is 31.0. The van der Waals surface area contributed by atoms with Crippen LogP contribution in [-0.2, 0) is 16.8 Å². The maximum Gasteiger partial charge on any atom is 0.241 e. The summed E-state index contributed by atoms with van der Waals surface area (Å²) in [6.45, 7) is 8.40. The molecule has 2 aliphatic rings. The van der Waals surface area contributed by atoms with Gasteiger partial charge in [0, 0.05) is 31.8 Å². The number of piperazine rings is 1. The van der Waals surface area contributed by atoms with Gasteiger partial charge in [0.25, 0.3) is 0 Å². The average molecular weight is 607 g/mol. The van der Waals surface area contributed by atoms with Crippen molar-refractivity contribution in [1.29, 1.82) is 0 Å². The molecule has 6 rings (SSSR count). The van der Waals surface area contributed by atoms with Crippen LogP contribution in [-0.4, -0.2) is 74.0 Å². The third-order valence-electron chi connectivity index (χ3n) is 9.25. The summed E-state index contributed by atoms with van der Waals surface area (Å²) in [6.07, 6.45) is 2.88. The molecule has 234 valence electrons. The van der Waals surface area contributed by atoms with Crippen LogP contribution in [0.4, 0.5) is 20.5 Å². The van der Waals surface area contributed by atoms with Crippen LogP contribution in [0.15, 0.2) is 48.5 Å². The van der Waals surface area contributed by atoms with Crippen molar-refractivity contribution in [1.82, 2.24) is 24.4 Å². The number of nitrogens with two attached hydrogens (primary N) is 1. The minimum Gasteiger partial charge on any atom is -0.394 e. The number of fused-ring (bicyclic) bond motifs is 1. The van der Waals surface area contributed by atoms with Gasteiger partial charge in [-0.1, -0.05) is 31.2 Å². The summed E-state index contributed by atoms with van der Waals surface area (Å²) in [6, 6.07) is 12.3. The molecule has 4 heterocycles. The summed E-state index contributed by atoms with van der Waals surface area (Å²) in [5.74, 6) is 6.93. The summed E-state index contributed by atoms with van der Waals surface area (Å²) < 4.78 is 36.1. The largest absolute Gasteiger partial charge is 0.394 e. The molecule has 0 bridgehead atoms. The van der Waals surface area contributed by atoms with Crippen LogP contribution >= 0.6 is 0 Å². The normalized spacial score (nSPS) is 21.3. The van der Waals surface area contributed by atoms with Crippen LogP contribution in [0.25, 0.3) is 11.2 Å². The molecule has 2 aliphatic heterocycles. The van der Waals surface area contributed by atoms with Gasteiger partial charge in [-0.2, -0.15) is 9.97 Å². The van der Waals surface area contributed by atoms with Gasteiger partial charge in [0.05, 0.1) is 24.8 Å². The highest BCUT2D eigenvalue weighted by atomic mass is 19.1. The number of aromatic nitrogens is 4. The number of aliphatic hydroxyl groups is 1. The van der Waals surface area contributed by atoms with E-state index in [9.17, 15) is 13.9 Å². The van der Waals surface area contributed by atoms with E-state index >= 15 is 0 Å². The third kappa shape index (κ3) is 5.29. The molecule has 12 heteroatoms. The molecule has 0 amide bonds. The SMILES string of the molecule is CC[C@@H]1CN(c2nc(NN)nc3c2nc(C)n3C[C@@H]2CCCO2)[C@@H](C)CN1C(CO)(c1ccc(F)cc1)c1ccc(F)cc1. The van der Waals surface area contributed by atoms with Gasteiger partial charge in [-0.3, -0.25) is 10.3 Å². The van der Waals surface area contributed by atoms with Gasteiger partial charge >= 0.3 is 0 Å². The minimum atomic E-state index is -1.03. The van der Waals surface area contributed by atoms with E-state index in [0.717, 1.165) is 42.8 Å². The molecule has 10 nitrogen and oxygen atoms in total. The highest BCUT2D eigenvalue weighted by molar-refractivity contribution is 5.85. The first-order valence-electron chi connectivity index (χ1n) is 15.3. The molecule has 0 aliphatic carbocycles. The molecule has 4 N–H and O–H groups in total. The van der Waals surface area contributed by atoms with Gasteiger partial charge in [0.2, 0.25) is 5.95 Å². The second kappa shape index (κ2) is 12.4. The van der Waals surface area contributed by atoms with E-state index in [1.165, 1.54) is 24.3 Å². The number of imidazole rings is 1. The van der Waals surface area contributed by atoms with Crippen molar-refractivity contribution in [3.8, 4) is 0 Å². The van der Waals surface area contributed by atoms with E-state index in [-0.39, 0.29) is 36.4 Å². The van der Waals surface area contributed by atoms with Gasteiger partial charge < -0.3 is 19.3 Å². The van der Waals surface area contributed by atoms with E-state index in [1.54, 1.807) is 24.3 Å². The Bertz CT molecular complexity index is 1550. The molecule has 2 aromatic carbocycles. The van der Waals surface area contributed by atoms with Crippen molar-refractivity contribution >= 4 is 22.9 Å². The fourth-order valence-electron chi connectivity index (χ4n) is 6.94. The molecule has 0 radical (unpaired) electrons. The molecule has 3 atom stereocenters. The van der Waals surface area contributed by atoms with Crippen molar-refractivity contribution in [3.05, 3.63) is 77.1 Å². The third-order valence-corrected chi connectivity index (χ3v) is 9.25. The molecule has 4 aromatic rings. The Hall–Kier alpha value is -3.71. The highest BCUT2D eigenvalue weighted by Gasteiger charge is 2.47. The fraction of sp³-hybridized carbons (Fsp3) is 0.469. The topological polar surface area (TPSA) is 118 Å². The smallest absolute Gasteiger partial charge is 0.241 e. The first kappa shape index (κ1) is 30.3. The number of nitrogen functional groups attached to an aromatic ring is 1. The number of rotatable bonds is 9. The molecule has 2 fully saturated rings. The Morgan fingerprint density at radius 3 is 2.23 bits per heavy atom. The number of aryl methyl sites for hydroxylation is 1. The lowest BCUT2D eigenvalue weighted by Gasteiger charge is -2.54. The maximum absolute atomic E-state index is 14.1. The van der Waals surface area contributed by atoms with Crippen molar-refractivity contribution < 1.29 is 18.6 Å². The number of benzene rings is 2. The van der Waals surface area contributed by atoms with E-state index in [2.05, 4.69) is 33.6 Å². The quantitative estimate of drug-likeness (QED) is 0.191. The zero-order valence-electron chi connectivity index (χ0n) is 25.4. The van der Waals surface area contributed by atoms with E-state index in [0.29, 0.717) is 42.6 Å². The lowest BCUT2D eigenvalue weighted by molar-refractivity contribution is 0.00381. The van der Waals surface area contributed by atoms with Crippen molar-refractivity contribution in [3.63, 3.8) is 0 Å². The molecule has 2 aromatic heterocycles. The van der Waals surface area contributed by atoms with Crippen LogP contribution in [0, 0.1) is 18.6 Å². The average Bonchev–Trinajstić information content (AvgIpc) is 3.67. The first-order chi connectivity index (χ1) is 21.3. The number of nitrogens with one attached hydrogen (secondary N) is 1. The monoisotopic (exact) mass is 606 g/mol. The number of hydrogen-bond donors (Lipinski definition) is 3. The van der Waals surface area contributed by atoms with Crippen LogP contribution in [0.5, 0.6) is 0 Å². The standard InChI is InChI=1S/C32H40F2N8O2/c1-4-26-17-40(29-28-30(38-31(37-29)39-35)41(21(3)36-28)18-27-6-5-15-44-27)20(2)16-42(26)32(19-43,22-7-11-24(33)12-8-22)23-9-13-25(34)14-10-23/h7-14,20,26-27,43H,4-6,15-19,35H2,1-3H3,(H,37,38,39)/t20-,26+,27-/m0/s1. The number of aliphatic hydroxyl groups excluding tert-OH is 1. The lowest BCUT2D eigenvalue weighted by atomic mass is 9.79. The predicted molar refractivity (Wildman–Crippen MR) is 165 cm³/mol. The van der Waals surface area contributed by atoms with Crippen molar-refractivity contribution in [2.75, 3.05) is 36.6 Å². The van der Waals surface area contributed by atoms with Gasteiger partial charge in [-0.05, 0) is 68.5 Å². The van der Waals surface area contributed by atoms with Crippen molar-refractivity contribution in [2.24, 2.45) is 5.84 Å². The number of halogens is 2. The zero-order valence-corrected chi connectivity index (χ0v) is 25.4. The summed E-state index contributed by atoms with van der Waals surface area (Å²) in [5, 5.41) is 11.2. The number of nitrogens with zero attached hydrogens (tertiary/aromatic N) is 6. The Morgan fingerprint density at radius 2 is 1.68 bits per heavy atom. The molecule has 2 saturated heterocycles. The van der Waals surface area contributed by atoms with Crippen LogP contribution in [0.1, 0.15) is 50.1 Å². The Morgan fingerprint density at radius 1 is 1.02 bits per heavy atom. The number of ether oxygens (including phenoxy) is 1. The van der Waals surface area contributed by atoms with Crippen LogP contribution < -0.4 is 16.2 Å². The lowest BCUT2D eigenvalue weighted by Crippen LogP contribution is -2.65. The highest BCUT2D eigenvalue weighted by Crippen LogP contribution is 2.41. The van der Waals surface area contributed by atoms with Crippen LogP contribution in [0.3, 0.4) is 0 Å². The van der Waals surface area contributed by atoms with Crippen molar-refractivity contribution in [2.45, 2.75) is 70.3 Å². The fourth-order valence-corrected chi connectivity index (χ4v) is 6.94. The van der Waals surface area contributed by atoms with E-state index in [1.807, 2.05) is 6.92 Å². The Kier molecular flexibility index (Phi) is 8.51. The number of anilines is 2. The molecular weight excluding hydrogens is 566 g/mol. The van der Waals surface area contributed by atoms with Crippen LogP contribution in [0.2, 0.25) is 0 Å². The van der Waals surface area contributed by atoms with Gasteiger partial charge in [0.15, 0.2) is 17.0 Å². The summed E-state index contributed by atoms with van der Waals surface area (Å²) in [4.78, 5) is 19.0. The summed E-state index contributed by atoms with van der Waals surface area (Å²) in [7, 11) is 0. The number of hydrogen-bond acceptors (Lipinski definition) is 9. The Labute approximate surface area is 255 Å². The molecule has 44 heavy (non-hydrogen) atoms. The first-order valence-corrected chi connectivity index (χ1v) is 15.3. The molecule has 0 saturated carbocycles. The Balaban J connectivity index is 1.42. The molecule has 0 unspecified atom stereocenters. The van der Waals surface area contributed by atoms with Gasteiger partial charge in [-0.25, -0.2) is 19.6 Å². The number of hydrazine groups is 1. The second-order valence-corrected chi connectivity index (χ2v) is 11.8. The second-order valence-electron chi connectivity index (χ2n) is 11.8. The van der Waals surface area contributed by atoms with E-state index in [4.69, 9.17) is 25.5 Å². The van der Waals surface area contributed by atoms with E-state index < -0.39 is 5.54 Å². The minimum absolute atomic E-state index is 0.0668. The molecule has 0 spiro atoms. The predicted octanol–water partition coefficient (Wildman–Crippen LogP) is 4.10. The summed E-state index contributed by atoms with van der Waals surface area (Å²) in [5.41, 5.74) is 4.45. The van der Waals surface area contributed by atoms with Gasteiger partial charge in [0.1, 0.15) is 17.5 Å². The van der Waals surface area contributed by atoms with Gasteiger partial charge in [-0.15, -0.1) is 0 Å². The summed E-state index contributed by atoms with van der Waals surface area (Å²) >= 11 is 0.